The number of alkyl halides is 3. The van der Waals surface area contributed by atoms with Gasteiger partial charge in [0.2, 0.25) is 0 Å². The van der Waals surface area contributed by atoms with Crippen LogP contribution in [0.15, 0.2) is 6.07 Å². The molecule has 21 heavy (non-hydrogen) atoms. The predicted octanol–water partition coefficient (Wildman–Crippen LogP) is 2.42. The largest absolute Gasteiger partial charge is 0.435 e. The van der Waals surface area contributed by atoms with Gasteiger partial charge >= 0.3 is 6.18 Å². The van der Waals surface area contributed by atoms with Gasteiger partial charge in [0.25, 0.3) is 0 Å². The maximum atomic E-state index is 12.7. The zero-order valence-electron chi connectivity index (χ0n) is 12.6. The van der Waals surface area contributed by atoms with Gasteiger partial charge in [-0.3, -0.25) is 9.58 Å². The van der Waals surface area contributed by atoms with Crippen molar-refractivity contribution >= 4 is 0 Å². The van der Waals surface area contributed by atoms with Gasteiger partial charge in [-0.15, -0.1) is 0 Å². The zero-order chi connectivity index (χ0) is 15.8. The van der Waals surface area contributed by atoms with E-state index in [2.05, 4.69) is 23.8 Å². The second-order valence-electron chi connectivity index (χ2n) is 6.59. The number of hydrogen-bond acceptors (Lipinski definition) is 3. The molecule has 0 aliphatic carbocycles. The Morgan fingerprint density at radius 3 is 2.62 bits per heavy atom. The van der Waals surface area contributed by atoms with Crippen LogP contribution in [-0.2, 0) is 19.8 Å². The van der Waals surface area contributed by atoms with Crippen molar-refractivity contribution in [1.82, 2.24) is 14.7 Å². The van der Waals surface area contributed by atoms with Gasteiger partial charge < -0.3 is 5.11 Å². The molecule has 2 rings (SSSR count). The van der Waals surface area contributed by atoms with Crippen LogP contribution in [0.3, 0.4) is 0 Å². The third-order valence-corrected chi connectivity index (χ3v) is 4.14. The molecule has 0 radical (unpaired) electrons. The Morgan fingerprint density at radius 2 is 2.10 bits per heavy atom. The van der Waals surface area contributed by atoms with Crippen LogP contribution in [0.25, 0.3) is 0 Å². The Bertz CT molecular complexity index is 496. The molecule has 1 aliphatic heterocycles. The molecule has 7 heteroatoms. The molecule has 1 atom stereocenters. The van der Waals surface area contributed by atoms with Gasteiger partial charge in [0, 0.05) is 26.2 Å². The molecular weight excluding hydrogens is 283 g/mol. The van der Waals surface area contributed by atoms with Gasteiger partial charge in [0.15, 0.2) is 5.69 Å². The topological polar surface area (TPSA) is 41.3 Å². The van der Waals surface area contributed by atoms with Crippen molar-refractivity contribution in [2.24, 2.45) is 12.5 Å². The minimum atomic E-state index is -4.42. The number of aryl methyl sites for hydroxylation is 1. The summed E-state index contributed by atoms with van der Waals surface area (Å²) in [5.41, 5.74) is -0.243. The summed E-state index contributed by atoms with van der Waals surface area (Å²) < 4.78 is 39.4. The van der Waals surface area contributed by atoms with Crippen molar-refractivity contribution in [2.45, 2.75) is 45.5 Å². The van der Waals surface area contributed by atoms with Crippen molar-refractivity contribution in [3.8, 4) is 0 Å². The molecular formula is C14H22F3N3O. The lowest BCUT2D eigenvalue weighted by atomic mass is 9.81. The monoisotopic (exact) mass is 305 g/mol. The van der Waals surface area contributed by atoms with Crippen LogP contribution in [0, 0.1) is 5.41 Å². The number of aromatic nitrogens is 2. The highest BCUT2D eigenvalue weighted by atomic mass is 19.4. The highest BCUT2D eigenvalue weighted by Gasteiger charge is 2.36. The van der Waals surface area contributed by atoms with Crippen LogP contribution in [0.5, 0.6) is 0 Å². The van der Waals surface area contributed by atoms with Gasteiger partial charge in [-0.1, -0.05) is 13.8 Å². The summed E-state index contributed by atoms with van der Waals surface area (Å²) in [6, 6.07) is 1.10. The highest BCUT2D eigenvalue weighted by Crippen LogP contribution is 2.33. The van der Waals surface area contributed by atoms with E-state index < -0.39 is 11.9 Å². The van der Waals surface area contributed by atoms with Crippen molar-refractivity contribution in [2.75, 3.05) is 13.2 Å². The van der Waals surface area contributed by atoms with Crippen LogP contribution >= 0.6 is 0 Å². The first-order valence-corrected chi connectivity index (χ1v) is 7.07. The lowest BCUT2D eigenvalue weighted by Gasteiger charge is -2.43. The Kier molecular flexibility index (Phi) is 4.35. The Hall–Kier alpha value is -1.08. The van der Waals surface area contributed by atoms with Crippen molar-refractivity contribution in [3.63, 3.8) is 0 Å². The molecule has 0 saturated carbocycles. The number of rotatable bonds is 3. The number of nitrogens with zero attached hydrogens (tertiary/aromatic N) is 3. The van der Waals surface area contributed by atoms with Crippen LogP contribution in [0.2, 0.25) is 0 Å². The SMILES string of the molecule is Cn1nc(C(F)(F)F)cc1CN1CC(C)(C)CCC1CO. The molecule has 120 valence electrons. The number of likely N-dealkylation sites (tertiary alicyclic amines) is 1. The summed E-state index contributed by atoms with van der Waals surface area (Å²) in [4.78, 5) is 2.06. The first-order chi connectivity index (χ1) is 9.62. The number of aliphatic hydroxyl groups is 1. The summed E-state index contributed by atoms with van der Waals surface area (Å²) in [6.07, 6.45) is -2.56. The quantitative estimate of drug-likeness (QED) is 0.932. The lowest BCUT2D eigenvalue weighted by molar-refractivity contribution is -0.141. The summed E-state index contributed by atoms with van der Waals surface area (Å²) in [5.74, 6) is 0. The van der Waals surface area contributed by atoms with Crippen molar-refractivity contribution in [3.05, 3.63) is 17.5 Å². The van der Waals surface area contributed by atoms with Gasteiger partial charge in [-0.05, 0) is 24.3 Å². The second-order valence-corrected chi connectivity index (χ2v) is 6.59. The van der Waals surface area contributed by atoms with Crippen LogP contribution in [0.1, 0.15) is 38.1 Å². The predicted molar refractivity (Wildman–Crippen MR) is 72.5 cm³/mol. The molecule has 0 aromatic carbocycles. The number of aliphatic hydroxyl groups excluding tert-OH is 1. The van der Waals surface area contributed by atoms with Crippen molar-refractivity contribution in [1.29, 1.82) is 0 Å². The van der Waals surface area contributed by atoms with E-state index in [0.717, 1.165) is 25.5 Å². The first-order valence-electron chi connectivity index (χ1n) is 7.07. The maximum absolute atomic E-state index is 12.7. The fourth-order valence-corrected chi connectivity index (χ4v) is 2.89. The molecule has 1 fully saturated rings. The van der Waals surface area contributed by atoms with Gasteiger partial charge in [0.1, 0.15) is 0 Å². The van der Waals surface area contributed by atoms with E-state index in [1.54, 1.807) is 0 Å². The molecule has 2 heterocycles. The molecule has 1 aromatic rings. The second kappa shape index (κ2) is 5.61. The summed E-state index contributed by atoms with van der Waals surface area (Å²) in [6.45, 7) is 5.43. The van der Waals surface area contributed by atoms with Crippen molar-refractivity contribution < 1.29 is 18.3 Å². The number of halogens is 3. The molecule has 4 nitrogen and oxygen atoms in total. The first kappa shape index (κ1) is 16.3. The van der Waals surface area contributed by atoms with E-state index in [1.165, 1.54) is 11.7 Å². The van der Waals surface area contributed by atoms with E-state index >= 15 is 0 Å². The molecule has 1 aliphatic rings. The lowest BCUT2D eigenvalue weighted by Crippen LogP contribution is -2.48. The number of hydrogen-bond donors (Lipinski definition) is 1. The minimum absolute atomic E-state index is 0.00209. The van der Waals surface area contributed by atoms with E-state index in [1.807, 2.05) is 0 Å². The normalized spacial score (nSPS) is 23.5. The molecule has 1 saturated heterocycles. The fraction of sp³-hybridized carbons (Fsp3) is 0.786. The van der Waals surface area contributed by atoms with Gasteiger partial charge in [-0.25, -0.2) is 0 Å². The average molecular weight is 305 g/mol. The molecule has 0 bridgehead atoms. The molecule has 1 unspecified atom stereocenters. The van der Waals surface area contributed by atoms with E-state index in [9.17, 15) is 18.3 Å². The van der Waals surface area contributed by atoms with E-state index in [-0.39, 0.29) is 18.1 Å². The average Bonchev–Trinajstić information content (AvgIpc) is 2.70. The Labute approximate surface area is 122 Å². The molecule has 0 spiro atoms. The highest BCUT2D eigenvalue weighted by molar-refractivity contribution is 5.13. The van der Waals surface area contributed by atoms with E-state index in [0.29, 0.717) is 12.2 Å². The Morgan fingerprint density at radius 1 is 1.43 bits per heavy atom. The van der Waals surface area contributed by atoms with Crippen LogP contribution in [-0.4, -0.2) is 39.0 Å². The summed E-state index contributed by atoms with van der Waals surface area (Å²) >= 11 is 0. The van der Waals surface area contributed by atoms with Crippen LogP contribution in [0.4, 0.5) is 13.2 Å². The molecule has 1 aromatic heterocycles. The van der Waals surface area contributed by atoms with Gasteiger partial charge in [0.05, 0.1) is 12.3 Å². The molecule has 1 N–H and O–H groups in total. The standard InChI is InChI=1S/C14H22F3N3O/c1-13(2)5-4-10(8-21)20(9-13)7-11-6-12(14(15,16)17)18-19(11)3/h6,10,21H,4-5,7-9H2,1-3H3. The summed E-state index contributed by atoms with van der Waals surface area (Å²) in [5, 5.41) is 13.0. The Balaban J connectivity index is 2.17. The van der Waals surface area contributed by atoms with Crippen LogP contribution < -0.4 is 0 Å². The zero-order valence-corrected chi connectivity index (χ0v) is 12.6. The summed E-state index contributed by atoms with van der Waals surface area (Å²) in [7, 11) is 1.52. The smallest absolute Gasteiger partial charge is 0.395 e. The van der Waals surface area contributed by atoms with E-state index in [4.69, 9.17) is 0 Å². The van der Waals surface area contributed by atoms with Gasteiger partial charge in [-0.2, -0.15) is 18.3 Å². The number of piperidine rings is 1. The molecule has 0 amide bonds. The maximum Gasteiger partial charge on any atom is 0.435 e. The third kappa shape index (κ3) is 3.77. The minimum Gasteiger partial charge on any atom is -0.395 e. The fourth-order valence-electron chi connectivity index (χ4n) is 2.89. The third-order valence-electron chi connectivity index (χ3n) is 4.14.